The Morgan fingerprint density at radius 3 is 2.67 bits per heavy atom. The van der Waals surface area contributed by atoms with Crippen molar-refractivity contribution in [2.24, 2.45) is 0 Å². The average molecular weight is 324 g/mol. The lowest BCUT2D eigenvalue weighted by Gasteiger charge is -2.18. The predicted molar refractivity (Wildman–Crippen MR) is 92.5 cm³/mol. The van der Waals surface area contributed by atoms with Gasteiger partial charge in [0, 0.05) is 37.0 Å². The van der Waals surface area contributed by atoms with Crippen LogP contribution in [-0.4, -0.2) is 38.6 Å². The molecule has 0 saturated carbocycles. The van der Waals surface area contributed by atoms with Gasteiger partial charge in [0.2, 0.25) is 0 Å². The number of carbonyl (C=O) groups is 2. The van der Waals surface area contributed by atoms with E-state index in [0.29, 0.717) is 37.2 Å². The van der Waals surface area contributed by atoms with Gasteiger partial charge in [-0.1, -0.05) is 24.3 Å². The average Bonchev–Trinajstić information content (AvgIpc) is 3.06. The van der Waals surface area contributed by atoms with Crippen LogP contribution in [0.5, 0.6) is 0 Å². The van der Waals surface area contributed by atoms with Crippen LogP contribution >= 0.6 is 0 Å². The molecular weight excluding hydrogens is 304 g/mol. The molecular formula is C19H20N2O3. The maximum Gasteiger partial charge on any atom is 0.258 e. The second kappa shape index (κ2) is 7.27. The van der Waals surface area contributed by atoms with Crippen molar-refractivity contribution in [3.63, 3.8) is 0 Å². The van der Waals surface area contributed by atoms with Crippen molar-refractivity contribution >= 4 is 17.5 Å². The molecule has 0 aromatic heterocycles. The van der Waals surface area contributed by atoms with E-state index in [2.05, 4.69) is 5.32 Å². The molecule has 0 atom stereocenters. The molecule has 24 heavy (non-hydrogen) atoms. The first-order chi connectivity index (χ1) is 11.7. The highest BCUT2D eigenvalue weighted by atomic mass is 16.5. The van der Waals surface area contributed by atoms with Gasteiger partial charge in [-0.2, -0.15) is 0 Å². The maximum absolute atomic E-state index is 12.7. The molecule has 0 radical (unpaired) electrons. The molecule has 3 rings (SSSR count). The van der Waals surface area contributed by atoms with Gasteiger partial charge < -0.3 is 15.0 Å². The Kier molecular flexibility index (Phi) is 4.91. The van der Waals surface area contributed by atoms with Crippen LogP contribution in [0.3, 0.4) is 0 Å². The Morgan fingerprint density at radius 2 is 1.92 bits per heavy atom. The van der Waals surface area contributed by atoms with E-state index < -0.39 is 0 Å². The standard InChI is InChI=1S/C19H20N2O3/c1-24-13-11-20-18(22)16-8-5-9-17-15(16)10-12-21(17)19(23)14-6-3-2-4-7-14/h2-9H,10-13H2,1H3,(H,20,22). The van der Waals surface area contributed by atoms with Crippen LogP contribution in [0.25, 0.3) is 0 Å². The molecule has 0 saturated heterocycles. The fourth-order valence-corrected chi connectivity index (χ4v) is 2.96. The SMILES string of the molecule is COCCNC(=O)c1cccc2c1CCN2C(=O)c1ccccc1. The summed E-state index contributed by atoms with van der Waals surface area (Å²) in [6, 6.07) is 14.7. The molecule has 5 heteroatoms. The molecule has 0 aliphatic carbocycles. The van der Waals surface area contributed by atoms with Crippen LogP contribution in [0, 0.1) is 0 Å². The van der Waals surface area contributed by atoms with Crippen LogP contribution in [0.15, 0.2) is 48.5 Å². The summed E-state index contributed by atoms with van der Waals surface area (Å²) in [5.41, 5.74) is 3.03. The Labute approximate surface area is 141 Å². The van der Waals surface area contributed by atoms with Gasteiger partial charge >= 0.3 is 0 Å². The van der Waals surface area contributed by atoms with E-state index in [0.717, 1.165) is 11.3 Å². The second-order valence-electron chi connectivity index (χ2n) is 5.62. The number of methoxy groups -OCH3 is 1. The normalized spacial score (nSPS) is 12.8. The number of hydrogen-bond donors (Lipinski definition) is 1. The van der Waals surface area contributed by atoms with E-state index in [1.165, 1.54) is 0 Å². The Bertz CT molecular complexity index is 744. The summed E-state index contributed by atoms with van der Waals surface area (Å²) in [5, 5.41) is 2.84. The molecule has 2 amide bonds. The molecule has 5 nitrogen and oxygen atoms in total. The molecule has 124 valence electrons. The van der Waals surface area contributed by atoms with Crippen molar-refractivity contribution in [3.8, 4) is 0 Å². The molecule has 1 N–H and O–H groups in total. The van der Waals surface area contributed by atoms with Crippen molar-refractivity contribution < 1.29 is 14.3 Å². The van der Waals surface area contributed by atoms with E-state index in [4.69, 9.17) is 4.74 Å². The number of carbonyl (C=O) groups excluding carboxylic acids is 2. The van der Waals surface area contributed by atoms with E-state index in [9.17, 15) is 9.59 Å². The number of benzene rings is 2. The fraction of sp³-hybridized carbons (Fsp3) is 0.263. The molecule has 1 heterocycles. The van der Waals surface area contributed by atoms with Crippen molar-refractivity contribution in [3.05, 3.63) is 65.2 Å². The largest absolute Gasteiger partial charge is 0.383 e. The highest BCUT2D eigenvalue weighted by Crippen LogP contribution is 2.31. The van der Waals surface area contributed by atoms with Crippen LogP contribution in [0.4, 0.5) is 5.69 Å². The Hall–Kier alpha value is -2.66. The monoisotopic (exact) mass is 324 g/mol. The topological polar surface area (TPSA) is 58.6 Å². The number of amides is 2. The summed E-state index contributed by atoms with van der Waals surface area (Å²) >= 11 is 0. The van der Waals surface area contributed by atoms with Crippen LogP contribution in [0.1, 0.15) is 26.3 Å². The molecule has 0 bridgehead atoms. The first-order valence-corrected chi connectivity index (χ1v) is 7.98. The quantitative estimate of drug-likeness (QED) is 0.858. The molecule has 2 aromatic rings. The Balaban J connectivity index is 1.83. The maximum atomic E-state index is 12.7. The number of hydrogen-bond acceptors (Lipinski definition) is 3. The summed E-state index contributed by atoms with van der Waals surface area (Å²) in [6.45, 7) is 1.52. The number of anilines is 1. The molecule has 0 unspecified atom stereocenters. The fourth-order valence-electron chi connectivity index (χ4n) is 2.96. The third-order valence-corrected chi connectivity index (χ3v) is 4.13. The van der Waals surface area contributed by atoms with Crippen molar-refractivity contribution in [1.29, 1.82) is 0 Å². The summed E-state index contributed by atoms with van der Waals surface area (Å²) in [6.07, 6.45) is 0.682. The van der Waals surface area contributed by atoms with Crippen molar-refractivity contribution in [2.45, 2.75) is 6.42 Å². The third-order valence-electron chi connectivity index (χ3n) is 4.13. The number of fused-ring (bicyclic) bond motifs is 1. The zero-order valence-corrected chi connectivity index (χ0v) is 13.6. The summed E-state index contributed by atoms with van der Waals surface area (Å²) < 4.78 is 4.95. The number of nitrogens with zero attached hydrogens (tertiary/aromatic N) is 1. The number of nitrogens with one attached hydrogen (secondary N) is 1. The lowest BCUT2D eigenvalue weighted by molar-refractivity contribution is 0.0935. The van der Waals surface area contributed by atoms with Gasteiger partial charge in [0.1, 0.15) is 0 Å². The first-order valence-electron chi connectivity index (χ1n) is 7.98. The summed E-state index contributed by atoms with van der Waals surface area (Å²) in [7, 11) is 1.60. The minimum Gasteiger partial charge on any atom is -0.383 e. The van der Waals surface area contributed by atoms with E-state index in [1.54, 1.807) is 18.1 Å². The van der Waals surface area contributed by atoms with Crippen LogP contribution in [-0.2, 0) is 11.2 Å². The van der Waals surface area contributed by atoms with E-state index in [1.807, 2.05) is 42.5 Å². The van der Waals surface area contributed by atoms with Crippen LogP contribution in [0.2, 0.25) is 0 Å². The van der Waals surface area contributed by atoms with Gasteiger partial charge in [-0.3, -0.25) is 9.59 Å². The predicted octanol–water partition coefficient (Wildman–Crippen LogP) is 2.27. The highest BCUT2D eigenvalue weighted by molar-refractivity contribution is 6.08. The summed E-state index contributed by atoms with van der Waals surface area (Å²) in [4.78, 5) is 26.8. The minimum absolute atomic E-state index is 0.0358. The van der Waals surface area contributed by atoms with Gasteiger partial charge in [0.15, 0.2) is 0 Å². The van der Waals surface area contributed by atoms with Gasteiger partial charge in [-0.25, -0.2) is 0 Å². The Morgan fingerprint density at radius 1 is 1.12 bits per heavy atom. The number of rotatable bonds is 5. The zero-order chi connectivity index (χ0) is 16.9. The van der Waals surface area contributed by atoms with Gasteiger partial charge in [-0.15, -0.1) is 0 Å². The smallest absolute Gasteiger partial charge is 0.258 e. The van der Waals surface area contributed by atoms with Crippen molar-refractivity contribution in [2.75, 3.05) is 31.7 Å². The van der Waals surface area contributed by atoms with Gasteiger partial charge in [0.25, 0.3) is 11.8 Å². The molecule has 2 aromatic carbocycles. The number of ether oxygens (including phenoxy) is 1. The molecule has 1 aliphatic heterocycles. The van der Waals surface area contributed by atoms with Gasteiger partial charge in [-0.05, 0) is 36.2 Å². The first kappa shape index (κ1) is 16.2. The summed E-state index contributed by atoms with van der Waals surface area (Å²) in [5.74, 6) is -0.163. The van der Waals surface area contributed by atoms with Crippen LogP contribution < -0.4 is 10.2 Å². The second-order valence-corrected chi connectivity index (χ2v) is 5.62. The van der Waals surface area contributed by atoms with E-state index in [-0.39, 0.29) is 11.8 Å². The molecule has 1 aliphatic rings. The lowest BCUT2D eigenvalue weighted by Crippen LogP contribution is -2.29. The lowest BCUT2D eigenvalue weighted by atomic mass is 10.0. The van der Waals surface area contributed by atoms with Crippen molar-refractivity contribution in [1.82, 2.24) is 5.32 Å². The molecule has 0 spiro atoms. The highest BCUT2D eigenvalue weighted by Gasteiger charge is 2.28. The third kappa shape index (κ3) is 3.16. The minimum atomic E-state index is -0.127. The molecule has 0 fully saturated rings. The zero-order valence-electron chi connectivity index (χ0n) is 13.6. The van der Waals surface area contributed by atoms with E-state index >= 15 is 0 Å². The van der Waals surface area contributed by atoms with Gasteiger partial charge in [0.05, 0.1) is 6.61 Å².